The Kier molecular flexibility index (Phi) is 26.9. The van der Waals surface area contributed by atoms with E-state index in [0.717, 1.165) is 79.0 Å². The second-order valence-corrected chi connectivity index (χ2v) is 26.8. The van der Waals surface area contributed by atoms with E-state index in [1.165, 1.54) is 6.92 Å². The van der Waals surface area contributed by atoms with Crippen LogP contribution >= 0.6 is 0 Å². The van der Waals surface area contributed by atoms with Crippen LogP contribution in [0.1, 0.15) is 169 Å². The summed E-state index contributed by atoms with van der Waals surface area (Å²) in [4.78, 5) is 142. The smallest absolute Gasteiger partial charge is 0.549 e. The third-order valence-electron chi connectivity index (χ3n) is 19.9. The zero-order valence-electron chi connectivity index (χ0n) is 57.9. The molecule has 0 radical (unpaired) electrons. The molecule has 0 spiro atoms. The molecule has 30 heteroatoms. The van der Waals surface area contributed by atoms with Crippen LogP contribution in [-0.2, 0) is 129 Å². The number of carboxylic acids is 1. The second-order valence-electron chi connectivity index (χ2n) is 26.8. The molecular weight excluding hydrogens is 1280 g/mol. The molecule has 96 heavy (non-hydrogen) atoms. The number of fused-ring (bicyclic) bond motifs is 4. The number of rotatable bonds is 23. The van der Waals surface area contributed by atoms with Gasteiger partial charge in [0.05, 0.1) is 24.3 Å². The van der Waals surface area contributed by atoms with E-state index in [9.17, 15) is 63.0 Å². The predicted octanol–water partition coefficient (Wildman–Crippen LogP) is 0.728. The molecule has 0 aromatic rings. The average Bonchev–Trinajstić information content (AvgIpc) is 1.36. The van der Waals surface area contributed by atoms with Crippen molar-refractivity contribution in [2.24, 2.45) is 34.0 Å². The van der Waals surface area contributed by atoms with Crippen LogP contribution in [0.4, 0.5) is 0 Å². The SMILES string of the molecule is CC(=O)OC[C@H]1O[C@@H](O[C@H]2CO[C@H](O[C@H]3[C@H](O[C@H]4CC[C@]5(C)C6=C(CC[C@H]5[C@@]4(C)O)[C@]4(C(=O)[O-])CC[C@H]([C@H](C)[C@H](CC=C(C)C)OC(C)=O)[C@@]4(C)CC6)O[C@H](COC(C)=O)[C@H](OC(C)=O)[C@@H]3OC(C)=O)[C@H](OC(C)=O)[C@H]2OC(C)=O)[C@H](OC(C)=O)[C@@H](OC(C)=O)[C@H]1OC(C)=O.[Na+]. The Balaban J connectivity index is 0.0000146. The van der Waals surface area contributed by atoms with Crippen LogP contribution in [0.2, 0.25) is 0 Å². The summed E-state index contributed by atoms with van der Waals surface area (Å²) in [5.41, 5.74) is -2.04. The molecule has 2 saturated carbocycles. The normalized spacial score (nSPS) is 36.7. The number of carbonyl (C=O) groups is 11. The van der Waals surface area contributed by atoms with E-state index >= 15 is 0 Å². The van der Waals surface area contributed by atoms with Crippen molar-refractivity contribution in [3.8, 4) is 0 Å². The minimum absolute atomic E-state index is 0. The minimum atomic E-state index is -1.94. The maximum atomic E-state index is 14.1. The van der Waals surface area contributed by atoms with E-state index in [4.69, 9.17) is 75.8 Å². The first-order valence-electron chi connectivity index (χ1n) is 32.2. The number of carboxylic acid groups (broad SMARTS) is 1. The molecule has 7 rings (SSSR count). The van der Waals surface area contributed by atoms with Gasteiger partial charge in [-0.3, -0.25) is 47.9 Å². The molecule has 3 heterocycles. The van der Waals surface area contributed by atoms with Gasteiger partial charge in [0.1, 0.15) is 37.6 Å². The molecule has 3 aliphatic heterocycles. The minimum Gasteiger partial charge on any atom is -0.549 e. The van der Waals surface area contributed by atoms with Gasteiger partial charge in [-0.15, -0.1) is 0 Å². The van der Waals surface area contributed by atoms with Gasteiger partial charge in [-0.25, -0.2) is 0 Å². The first-order chi connectivity index (χ1) is 44.4. The van der Waals surface area contributed by atoms with E-state index in [0.29, 0.717) is 38.5 Å². The molecule has 0 aromatic heterocycles. The first kappa shape index (κ1) is 79.4. The molecule has 1 N–H and O–H groups in total. The summed E-state index contributed by atoms with van der Waals surface area (Å²) in [6.07, 6.45) is -20.9. The van der Waals surface area contributed by atoms with Crippen molar-refractivity contribution in [2.45, 2.75) is 272 Å². The van der Waals surface area contributed by atoms with E-state index in [1.54, 1.807) is 6.92 Å². The monoisotopic (exact) mass is 1370 g/mol. The third-order valence-corrected chi connectivity index (χ3v) is 19.9. The van der Waals surface area contributed by atoms with Crippen molar-refractivity contribution >= 4 is 65.7 Å². The number of hydrogen-bond donors (Lipinski definition) is 1. The Bertz CT molecular complexity index is 2980. The van der Waals surface area contributed by atoms with Crippen LogP contribution < -0.4 is 34.7 Å². The molecule has 0 amide bonds. The summed E-state index contributed by atoms with van der Waals surface area (Å²) < 4.78 is 95.7. The maximum absolute atomic E-state index is 14.1. The zero-order chi connectivity index (χ0) is 70.6. The van der Waals surface area contributed by atoms with Crippen molar-refractivity contribution in [3.05, 3.63) is 22.8 Å². The molecule has 7 aliphatic rings. The van der Waals surface area contributed by atoms with Gasteiger partial charge in [-0.05, 0) is 101 Å². The fourth-order valence-electron chi connectivity index (χ4n) is 16.2. The van der Waals surface area contributed by atoms with Crippen molar-refractivity contribution in [1.82, 2.24) is 0 Å². The summed E-state index contributed by atoms with van der Waals surface area (Å²) in [5, 5.41) is 27.4. The van der Waals surface area contributed by atoms with Gasteiger partial charge in [-0.2, -0.15) is 0 Å². The second kappa shape index (κ2) is 32.6. The van der Waals surface area contributed by atoms with Crippen molar-refractivity contribution in [3.63, 3.8) is 0 Å². The van der Waals surface area contributed by atoms with Gasteiger partial charge in [0.25, 0.3) is 0 Å². The standard InChI is InChI=1S/C66H94O29.Na/c1-30(2)17-19-45(83-34(6)69)31(3)42-22-26-66(62(77)78)44-18-20-49-63(14,43(44)21-25-64(42,66)15)24-23-50(65(49,16)79)94-61-58(55(88-39(11)74)52(85-36(8)71)47(93-61)28-81-33(5)68)95-59-56(89-40(12)75)53(86-37(9)72)48(29-82-59)92-60-57(90-41(13)76)54(87-38(10)73)51(84-35(7)70)46(91-60)27-80-32(4)67;/h17,31,42,45-61,79H,18-29H2,1-16H3,(H,77,78);/q;+1/p-1/t31-,42+,45-,46+,47+,48-,49+,50-,51-,52-,53-,54-,55-,56+,57+,58+,59+,60-,61-,63+,64+,65+,66-;/m0./s1. The Morgan fingerprint density at radius 3 is 1.48 bits per heavy atom. The van der Waals surface area contributed by atoms with E-state index in [-0.39, 0.29) is 60.7 Å². The summed E-state index contributed by atoms with van der Waals surface area (Å²) in [5.74, 6) is -11.0. The number of hydrogen-bond acceptors (Lipinski definition) is 29. The number of esters is 10. The number of carbonyl (C=O) groups excluding carboxylic acids is 11. The quantitative estimate of drug-likeness (QED) is 0.0637. The summed E-state index contributed by atoms with van der Waals surface area (Å²) in [6, 6.07) is 0. The van der Waals surface area contributed by atoms with E-state index in [2.05, 4.69) is 0 Å². The number of ether oxygens (including phenoxy) is 16. The van der Waals surface area contributed by atoms with Crippen LogP contribution in [0, 0.1) is 34.0 Å². The number of allylic oxidation sites excluding steroid dienone is 2. The van der Waals surface area contributed by atoms with Crippen LogP contribution in [0.5, 0.6) is 0 Å². The molecule has 23 atom stereocenters. The van der Waals surface area contributed by atoms with E-state index in [1.807, 2.05) is 40.7 Å². The summed E-state index contributed by atoms with van der Waals surface area (Å²) in [6.45, 7) is 20.3. The molecule has 4 aliphatic carbocycles. The number of aliphatic hydroxyl groups is 1. The Morgan fingerprint density at radius 2 is 1.00 bits per heavy atom. The van der Waals surface area contributed by atoms with Crippen LogP contribution in [-0.4, -0.2) is 194 Å². The molecule has 0 aromatic carbocycles. The summed E-state index contributed by atoms with van der Waals surface area (Å²) >= 11 is 0. The Labute approximate surface area is 580 Å². The largest absolute Gasteiger partial charge is 1.00 e. The topological polar surface area (TPSA) is 379 Å². The van der Waals surface area contributed by atoms with Crippen molar-refractivity contribution in [2.75, 3.05) is 19.8 Å². The molecule has 0 bridgehead atoms. The van der Waals surface area contributed by atoms with Crippen LogP contribution in [0.3, 0.4) is 0 Å². The Morgan fingerprint density at radius 1 is 0.531 bits per heavy atom. The third kappa shape index (κ3) is 17.5. The molecule has 532 valence electrons. The molecular formula is C66H93NaO29. The van der Waals surface area contributed by atoms with Gasteiger partial charge in [-0.1, -0.05) is 43.6 Å². The average molecular weight is 1370 g/mol. The van der Waals surface area contributed by atoms with E-state index < -0.39 is 211 Å². The molecule has 3 saturated heterocycles. The van der Waals surface area contributed by atoms with Gasteiger partial charge >= 0.3 is 89.3 Å². The number of aliphatic carboxylic acids is 1. The zero-order valence-corrected chi connectivity index (χ0v) is 59.9. The maximum Gasteiger partial charge on any atom is 1.00 e. The fourth-order valence-corrected chi connectivity index (χ4v) is 16.2. The van der Waals surface area contributed by atoms with Crippen LogP contribution in [0.25, 0.3) is 0 Å². The summed E-state index contributed by atoms with van der Waals surface area (Å²) in [7, 11) is 0. The van der Waals surface area contributed by atoms with Crippen LogP contribution in [0.15, 0.2) is 22.8 Å². The van der Waals surface area contributed by atoms with Crippen molar-refractivity contribution in [1.29, 1.82) is 0 Å². The first-order valence-corrected chi connectivity index (χ1v) is 32.2. The van der Waals surface area contributed by atoms with Gasteiger partial charge < -0.3 is 90.8 Å². The molecule has 29 nitrogen and oxygen atoms in total. The van der Waals surface area contributed by atoms with Gasteiger partial charge in [0, 0.05) is 81.1 Å². The predicted molar refractivity (Wildman–Crippen MR) is 318 cm³/mol. The van der Waals surface area contributed by atoms with Crippen molar-refractivity contribution < 1.29 is 168 Å². The molecule has 5 fully saturated rings. The van der Waals surface area contributed by atoms with Gasteiger partial charge in [0.15, 0.2) is 67.7 Å². The van der Waals surface area contributed by atoms with Gasteiger partial charge in [0.2, 0.25) is 0 Å². The fraction of sp³-hybridized carbons (Fsp3) is 0.773. The molecule has 0 unspecified atom stereocenters. The Hall–Kier alpha value is -5.63.